The number of rotatable bonds is 13. The van der Waals surface area contributed by atoms with E-state index in [2.05, 4.69) is 22.3 Å². The van der Waals surface area contributed by atoms with Crippen LogP contribution in [0.1, 0.15) is 43.8 Å². The van der Waals surface area contributed by atoms with E-state index in [1.807, 2.05) is 66.7 Å². The molecule has 0 aliphatic carbocycles. The van der Waals surface area contributed by atoms with Crippen molar-refractivity contribution in [1.29, 1.82) is 0 Å². The van der Waals surface area contributed by atoms with E-state index in [0.717, 1.165) is 67.0 Å². The standard InChI is InChI=1S/C31H38N2O4/c1-36-27-16-18-28(19-17-27)37-22-8-5-11-30(34)32-29(23-33-20-6-7-21-33)31(35)26-14-12-25(13-15-26)24-9-3-2-4-10-24/h2-4,9-10,12-19,29,31,35H,5-8,11,20-23H2,1H3,(H,32,34)/t29-,31-/m1/s1. The summed E-state index contributed by atoms with van der Waals surface area (Å²) in [6.45, 7) is 3.21. The zero-order chi connectivity index (χ0) is 25.9. The third-order valence-corrected chi connectivity index (χ3v) is 6.87. The van der Waals surface area contributed by atoms with Gasteiger partial charge in [-0.05, 0) is 79.7 Å². The predicted molar refractivity (Wildman–Crippen MR) is 147 cm³/mol. The van der Waals surface area contributed by atoms with Crippen molar-refractivity contribution in [2.24, 2.45) is 0 Å². The first kappa shape index (κ1) is 26.7. The van der Waals surface area contributed by atoms with Gasteiger partial charge in [0.2, 0.25) is 5.91 Å². The quantitative estimate of drug-likeness (QED) is 0.314. The maximum Gasteiger partial charge on any atom is 0.220 e. The molecule has 1 saturated heterocycles. The summed E-state index contributed by atoms with van der Waals surface area (Å²) in [5.74, 6) is 1.55. The fourth-order valence-electron chi connectivity index (χ4n) is 4.73. The van der Waals surface area contributed by atoms with Crippen LogP contribution in [0, 0.1) is 0 Å². The Morgan fingerprint density at radius 2 is 1.54 bits per heavy atom. The molecule has 2 atom stereocenters. The number of unbranched alkanes of at least 4 members (excludes halogenated alkanes) is 1. The number of carbonyl (C=O) groups excluding carboxylic acids is 1. The molecule has 0 radical (unpaired) electrons. The Labute approximate surface area is 220 Å². The van der Waals surface area contributed by atoms with Crippen molar-refractivity contribution >= 4 is 5.91 Å². The van der Waals surface area contributed by atoms with Crippen molar-refractivity contribution in [2.75, 3.05) is 33.4 Å². The molecule has 0 spiro atoms. The highest BCUT2D eigenvalue weighted by atomic mass is 16.5. The van der Waals surface area contributed by atoms with Gasteiger partial charge in [-0.1, -0.05) is 54.6 Å². The number of methoxy groups -OCH3 is 1. The van der Waals surface area contributed by atoms with Crippen LogP contribution in [0.4, 0.5) is 0 Å². The smallest absolute Gasteiger partial charge is 0.220 e. The molecule has 3 aromatic rings. The molecule has 0 saturated carbocycles. The third kappa shape index (κ3) is 8.07. The molecule has 1 amide bonds. The summed E-state index contributed by atoms with van der Waals surface area (Å²) < 4.78 is 10.9. The van der Waals surface area contributed by atoms with Gasteiger partial charge in [-0.3, -0.25) is 4.79 Å². The summed E-state index contributed by atoms with van der Waals surface area (Å²) in [7, 11) is 1.64. The summed E-state index contributed by atoms with van der Waals surface area (Å²) in [4.78, 5) is 15.1. The van der Waals surface area contributed by atoms with Crippen LogP contribution in [-0.2, 0) is 4.79 Å². The van der Waals surface area contributed by atoms with Gasteiger partial charge >= 0.3 is 0 Å². The molecule has 196 valence electrons. The summed E-state index contributed by atoms with van der Waals surface area (Å²) in [6.07, 6.45) is 3.46. The molecule has 1 aliphatic rings. The number of likely N-dealkylation sites (tertiary alicyclic amines) is 1. The Hall–Kier alpha value is -3.35. The minimum absolute atomic E-state index is 0.0337. The Balaban J connectivity index is 1.28. The summed E-state index contributed by atoms with van der Waals surface area (Å²) in [5.41, 5.74) is 3.06. The lowest BCUT2D eigenvalue weighted by molar-refractivity contribution is -0.123. The molecule has 1 aliphatic heterocycles. The van der Waals surface area contributed by atoms with Gasteiger partial charge < -0.3 is 24.8 Å². The SMILES string of the molecule is COc1ccc(OCCCCC(=O)N[C@H](CN2CCCC2)[C@H](O)c2ccc(-c3ccccc3)cc2)cc1. The van der Waals surface area contributed by atoms with Gasteiger partial charge in [0.25, 0.3) is 0 Å². The van der Waals surface area contributed by atoms with Crippen LogP contribution in [0.5, 0.6) is 11.5 Å². The van der Waals surface area contributed by atoms with Gasteiger partial charge in [-0.2, -0.15) is 0 Å². The van der Waals surface area contributed by atoms with Crippen LogP contribution in [0.25, 0.3) is 11.1 Å². The summed E-state index contributed by atoms with van der Waals surface area (Å²) >= 11 is 0. The van der Waals surface area contributed by atoms with Gasteiger partial charge in [0, 0.05) is 13.0 Å². The number of benzene rings is 3. The molecule has 0 aromatic heterocycles. The average Bonchev–Trinajstić information content (AvgIpc) is 3.46. The van der Waals surface area contributed by atoms with E-state index in [9.17, 15) is 9.90 Å². The Bertz CT molecular complexity index is 1080. The minimum Gasteiger partial charge on any atom is -0.497 e. The number of amides is 1. The van der Waals surface area contributed by atoms with E-state index in [4.69, 9.17) is 9.47 Å². The van der Waals surface area contributed by atoms with E-state index < -0.39 is 6.10 Å². The van der Waals surface area contributed by atoms with E-state index in [1.54, 1.807) is 7.11 Å². The van der Waals surface area contributed by atoms with E-state index >= 15 is 0 Å². The van der Waals surface area contributed by atoms with Crippen LogP contribution in [0.3, 0.4) is 0 Å². The topological polar surface area (TPSA) is 71.0 Å². The minimum atomic E-state index is -0.771. The first-order valence-electron chi connectivity index (χ1n) is 13.2. The fraction of sp³-hybridized carbons (Fsp3) is 0.387. The second-order valence-electron chi connectivity index (χ2n) is 9.60. The second-order valence-corrected chi connectivity index (χ2v) is 9.60. The van der Waals surface area contributed by atoms with Crippen molar-refractivity contribution in [1.82, 2.24) is 10.2 Å². The molecule has 6 heteroatoms. The summed E-state index contributed by atoms with van der Waals surface area (Å²) in [5, 5.41) is 14.4. The predicted octanol–water partition coefficient (Wildman–Crippen LogP) is 5.23. The monoisotopic (exact) mass is 502 g/mol. The highest BCUT2D eigenvalue weighted by molar-refractivity contribution is 5.76. The van der Waals surface area contributed by atoms with Crippen LogP contribution < -0.4 is 14.8 Å². The van der Waals surface area contributed by atoms with Crippen LogP contribution in [0.2, 0.25) is 0 Å². The molecule has 1 fully saturated rings. The number of ether oxygens (including phenoxy) is 2. The van der Waals surface area contributed by atoms with Gasteiger partial charge in [0.15, 0.2) is 0 Å². The number of hydrogen-bond donors (Lipinski definition) is 2. The lowest BCUT2D eigenvalue weighted by Gasteiger charge is -2.29. The van der Waals surface area contributed by atoms with Gasteiger partial charge in [0.05, 0.1) is 19.8 Å². The molecular weight excluding hydrogens is 464 g/mol. The van der Waals surface area contributed by atoms with E-state index in [0.29, 0.717) is 19.6 Å². The van der Waals surface area contributed by atoms with Crippen LogP contribution in [0.15, 0.2) is 78.9 Å². The molecule has 0 bridgehead atoms. The zero-order valence-electron chi connectivity index (χ0n) is 21.6. The number of nitrogens with zero attached hydrogens (tertiary/aromatic N) is 1. The average molecular weight is 503 g/mol. The van der Waals surface area contributed by atoms with E-state index in [-0.39, 0.29) is 11.9 Å². The molecule has 6 nitrogen and oxygen atoms in total. The van der Waals surface area contributed by atoms with Crippen molar-refractivity contribution in [3.05, 3.63) is 84.4 Å². The van der Waals surface area contributed by atoms with Crippen molar-refractivity contribution in [3.63, 3.8) is 0 Å². The maximum absolute atomic E-state index is 12.8. The molecule has 0 unspecified atom stereocenters. The summed E-state index contributed by atoms with van der Waals surface area (Å²) in [6, 6.07) is 25.3. The first-order valence-corrected chi connectivity index (χ1v) is 13.2. The number of hydrogen-bond acceptors (Lipinski definition) is 5. The highest BCUT2D eigenvalue weighted by Gasteiger charge is 2.26. The molecule has 4 rings (SSSR count). The number of carbonyl (C=O) groups is 1. The van der Waals surface area contributed by atoms with Crippen molar-refractivity contribution < 1.29 is 19.4 Å². The van der Waals surface area contributed by atoms with Gasteiger partial charge in [-0.15, -0.1) is 0 Å². The third-order valence-electron chi connectivity index (χ3n) is 6.87. The Kier molecular flexibility index (Phi) is 9.97. The normalized spacial score (nSPS) is 15.2. The fourth-order valence-corrected chi connectivity index (χ4v) is 4.73. The number of nitrogens with one attached hydrogen (secondary N) is 1. The second kappa shape index (κ2) is 13.8. The number of aliphatic hydroxyl groups excluding tert-OH is 1. The number of aliphatic hydroxyl groups is 1. The molecule has 37 heavy (non-hydrogen) atoms. The van der Waals surface area contributed by atoms with Crippen molar-refractivity contribution in [2.45, 2.75) is 44.2 Å². The molecule has 3 aromatic carbocycles. The van der Waals surface area contributed by atoms with Crippen molar-refractivity contribution in [3.8, 4) is 22.6 Å². The molecule has 1 heterocycles. The highest BCUT2D eigenvalue weighted by Crippen LogP contribution is 2.24. The lowest BCUT2D eigenvalue weighted by atomic mass is 9.98. The largest absolute Gasteiger partial charge is 0.497 e. The van der Waals surface area contributed by atoms with Crippen LogP contribution >= 0.6 is 0 Å². The lowest BCUT2D eigenvalue weighted by Crippen LogP contribution is -2.46. The van der Waals surface area contributed by atoms with Crippen LogP contribution in [-0.4, -0.2) is 55.3 Å². The maximum atomic E-state index is 12.8. The van der Waals surface area contributed by atoms with Gasteiger partial charge in [-0.25, -0.2) is 0 Å². The zero-order valence-corrected chi connectivity index (χ0v) is 21.6. The molecule has 2 N–H and O–H groups in total. The Morgan fingerprint density at radius 3 is 2.22 bits per heavy atom. The van der Waals surface area contributed by atoms with E-state index in [1.165, 1.54) is 0 Å². The molecular formula is C31H38N2O4. The first-order chi connectivity index (χ1) is 18.1. The van der Waals surface area contributed by atoms with Gasteiger partial charge in [0.1, 0.15) is 17.6 Å². The Morgan fingerprint density at radius 1 is 0.892 bits per heavy atom.